The van der Waals surface area contributed by atoms with Gasteiger partial charge in [0.05, 0.1) is 12.2 Å². The average molecular weight is 313 g/mol. The first-order valence-corrected chi connectivity index (χ1v) is 7.73. The van der Waals surface area contributed by atoms with E-state index in [0.717, 1.165) is 17.1 Å². The second-order valence-corrected chi connectivity index (χ2v) is 5.24. The van der Waals surface area contributed by atoms with Crippen molar-refractivity contribution in [2.75, 3.05) is 37.0 Å². The SMILES string of the molecule is CCN(C(=O)c1ccc(NCCOC)nc1)c1cccc(C)c1. The van der Waals surface area contributed by atoms with E-state index < -0.39 is 0 Å². The van der Waals surface area contributed by atoms with Crippen molar-refractivity contribution in [1.82, 2.24) is 4.98 Å². The maximum absolute atomic E-state index is 12.7. The lowest BCUT2D eigenvalue weighted by molar-refractivity contribution is 0.0988. The lowest BCUT2D eigenvalue weighted by Crippen LogP contribution is -2.30. The van der Waals surface area contributed by atoms with Crippen LogP contribution in [0.2, 0.25) is 0 Å². The zero-order valence-electron chi connectivity index (χ0n) is 13.9. The second-order valence-electron chi connectivity index (χ2n) is 5.24. The van der Waals surface area contributed by atoms with Crippen LogP contribution in [0.3, 0.4) is 0 Å². The lowest BCUT2D eigenvalue weighted by atomic mass is 10.2. The number of pyridine rings is 1. The van der Waals surface area contributed by atoms with Gasteiger partial charge in [0.15, 0.2) is 0 Å². The number of carbonyl (C=O) groups is 1. The Kier molecular flexibility index (Phi) is 6.11. The Bertz CT molecular complexity index is 641. The van der Waals surface area contributed by atoms with Crippen LogP contribution < -0.4 is 10.2 Å². The van der Waals surface area contributed by atoms with Crippen molar-refractivity contribution in [2.45, 2.75) is 13.8 Å². The minimum atomic E-state index is -0.0472. The molecule has 0 saturated carbocycles. The van der Waals surface area contributed by atoms with Crippen molar-refractivity contribution in [3.05, 3.63) is 53.7 Å². The molecule has 2 rings (SSSR count). The molecule has 0 atom stereocenters. The smallest absolute Gasteiger partial charge is 0.259 e. The van der Waals surface area contributed by atoms with E-state index in [1.54, 1.807) is 24.3 Å². The van der Waals surface area contributed by atoms with Gasteiger partial charge in [-0.3, -0.25) is 4.79 Å². The summed E-state index contributed by atoms with van der Waals surface area (Å²) in [6.07, 6.45) is 1.61. The summed E-state index contributed by atoms with van der Waals surface area (Å²) in [5, 5.41) is 3.13. The number of anilines is 2. The monoisotopic (exact) mass is 313 g/mol. The van der Waals surface area contributed by atoms with Gasteiger partial charge in [0.25, 0.3) is 5.91 Å². The van der Waals surface area contributed by atoms with Gasteiger partial charge in [0.2, 0.25) is 0 Å². The summed E-state index contributed by atoms with van der Waals surface area (Å²) < 4.78 is 4.98. The molecule has 122 valence electrons. The number of nitrogens with zero attached hydrogens (tertiary/aromatic N) is 2. The molecule has 2 aromatic rings. The predicted octanol–water partition coefficient (Wildman–Crippen LogP) is 3.12. The number of nitrogens with one attached hydrogen (secondary N) is 1. The molecule has 0 unspecified atom stereocenters. The first-order chi connectivity index (χ1) is 11.2. The molecule has 23 heavy (non-hydrogen) atoms. The number of amides is 1. The number of aryl methyl sites for hydroxylation is 1. The van der Waals surface area contributed by atoms with Gasteiger partial charge in [-0.1, -0.05) is 12.1 Å². The van der Waals surface area contributed by atoms with E-state index in [1.165, 1.54) is 0 Å². The molecule has 0 radical (unpaired) electrons. The van der Waals surface area contributed by atoms with Crippen molar-refractivity contribution in [1.29, 1.82) is 0 Å². The number of benzene rings is 1. The average Bonchev–Trinajstić information content (AvgIpc) is 2.56. The summed E-state index contributed by atoms with van der Waals surface area (Å²) in [5.74, 6) is 0.686. The number of aromatic nitrogens is 1. The summed E-state index contributed by atoms with van der Waals surface area (Å²) in [4.78, 5) is 18.7. The van der Waals surface area contributed by atoms with Gasteiger partial charge >= 0.3 is 0 Å². The minimum absolute atomic E-state index is 0.0472. The Balaban J connectivity index is 2.11. The lowest BCUT2D eigenvalue weighted by Gasteiger charge is -2.21. The van der Waals surface area contributed by atoms with Crippen LogP contribution in [0.4, 0.5) is 11.5 Å². The number of rotatable bonds is 7. The molecule has 0 spiro atoms. The highest BCUT2D eigenvalue weighted by atomic mass is 16.5. The van der Waals surface area contributed by atoms with E-state index in [9.17, 15) is 4.79 Å². The third-order valence-electron chi connectivity index (χ3n) is 3.50. The third kappa shape index (κ3) is 4.53. The fourth-order valence-electron chi connectivity index (χ4n) is 2.30. The van der Waals surface area contributed by atoms with Crippen LogP contribution in [-0.4, -0.2) is 37.7 Å². The van der Waals surface area contributed by atoms with Crippen LogP contribution in [0.5, 0.6) is 0 Å². The van der Waals surface area contributed by atoms with E-state index in [0.29, 0.717) is 25.3 Å². The van der Waals surface area contributed by atoms with Crippen LogP contribution >= 0.6 is 0 Å². The molecule has 0 saturated heterocycles. The fourth-order valence-corrected chi connectivity index (χ4v) is 2.30. The summed E-state index contributed by atoms with van der Waals surface area (Å²) in [5.41, 5.74) is 2.61. The first-order valence-electron chi connectivity index (χ1n) is 7.73. The van der Waals surface area contributed by atoms with Gasteiger partial charge < -0.3 is 15.0 Å². The second kappa shape index (κ2) is 8.29. The summed E-state index contributed by atoms with van der Waals surface area (Å²) in [6, 6.07) is 11.5. The van der Waals surface area contributed by atoms with Crippen LogP contribution in [0.15, 0.2) is 42.6 Å². The molecule has 0 fully saturated rings. The van der Waals surface area contributed by atoms with Crippen molar-refractivity contribution in [3.8, 4) is 0 Å². The van der Waals surface area contributed by atoms with Crippen molar-refractivity contribution < 1.29 is 9.53 Å². The molecule has 5 heteroatoms. The van der Waals surface area contributed by atoms with Crippen LogP contribution in [0, 0.1) is 6.92 Å². The van der Waals surface area contributed by atoms with Crippen molar-refractivity contribution >= 4 is 17.4 Å². The summed E-state index contributed by atoms with van der Waals surface area (Å²) >= 11 is 0. The zero-order chi connectivity index (χ0) is 16.7. The number of carbonyl (C=O) groups excluding carboxylic acids is 1. The molecular weight excluding hydrogens is 290 g/mol. The summed E-state index contributed by atoms with van der Waals surface area (Å²) in [6.45, 7) is 5.88. The Morgan fingerprint density at radius 1 is 1.30 bits per heavy atom. The molecule has 0 aliphatic rings. The standard InChI is InChI=1S/C18H23N3O2/c1-4-21(16-7-5-6-14(2)12-16)18(22)15-8-9-17(20-13-15)19-10-11-23-3/h5-9,12-13H,4,10-11H2,1-3H3,(H,19,20). The van der Waals surface area contributed by atoms with Gasteiger partial charge in [-0.25, -0.2) is 4.98 Å². The number of ether oxygens (including phenoxy) is 1. The topological polar surface area (TPSA) is 54.5 Å². The fraction of sp³-hybridized carbons (Fsp3) is 0.333. The van der Waals surface area contributed by atoms with Crippen molar-refractivity contribution in [2.24, 2.45) is 0 Å². The molecular formula is C18H23N3O2. The minimum Gasteiger partial charge on any atom is -0.383 e. The Morgan fingerprint density at radius 2 is 2.13 bits per heavy atom. The molecule has 1 heterocycles. The van der Waals surface area contributed by atoms with E-state index in [-0.39, 0.29) is 5.91 Å². The van der Waals surface area contributed by atoms with Crippen LogP contribution in [-0.2, 0) is 4.74 Å². The van der Waals surface area contributed by atoms with Gasteiger partial charge in [-0.15, -0.1) is 0 Å². The molecule has 0 bridgehead atoms. The van der Waals surface area contributed by atoms with Gasteiger partial charge in [-0.05, 0) is 43.7 Å². The number of hydrogen-bond acceptors (Lipinski definition) is 4. The number of methoxy groups -OCH3 is 1. The molecule has 1 N–H and O–H groups in total. The highest BCUT2D eigenvalue weighted by molar-refractivity contribution is 6.06. The Labute approximate surface area is 137 Å². The van der Waals surface area contributed by atoms with Gasteiger partial charge in [0.1, 0.15) is 5.82 Å². The Hall–Kier alpha value is -2.40. The zero-order valence-corrected chi connectivity index (χ0v) is 13.9. The molecule has 1 aromatic carbocycles. The highest BCUT2D eigenvalue weighted by Crippen LogP contribution is 2.18. The van der Waals surface area contributed by atoms with E-state index in [1.807, 2.05) is 44.2 Å². The normalized spacial score (nSPS) is 10.4. The third-order valence-corrected chi connectivity index (χ3v) is 3.50. The molecule has 0 aliphatic heterocycles. The molecule has 1 amide bonds. The first kappa shape index (κ1) is 17.0. The van der Waals surface area contributed by atoms with E-state index in [4.69, 9.17) is 4.74 Å². The van der Waals surface area contributed by atoms with E-state index >= 15 is 0 Å². The van der Waals surface area contributed by atoms with Gasteiger partial charge in [-0.2, -0.15) is 0 Å². The maximum atomic E-state index is 12.7. The maximum Gasteiger partial charge on any atom is 0.259 e. The highest BCUT2D eigenvalue weighted by Gasteiger charge is 2.16. The molecule has 1 aromatic heterocycles. The molecule has 5 nitrogen and oxygen atoms in total. The van der Waals surface area contributed by atoms with Crippen molar-refractivity contribution in [3.63, 3.8) is 0 Å². The Morgan fingerprint density at radius 3 is 2.74 bits per heavy atom. The largest absolute Gasteiger partial charge is 0.383 e. The van der Waals surface area contributed by atoms with Gasteiger partial charge in [0, 0.05) is 32.1 Å². The number of hydrogen-bond donors (Lipinski definition) is 1. The predicted molar refractivity (Wildman–Crippen MR) is 93.1 cm³/mol. The van der Waals surface area contributed by atoms with Crippen LogP contribution in [0.1, 0.15) is 22.8 Å². The van der Waals surface area contributed by atoms with Crippen LogP contribution in [0.25, 0.3) is 0 Å². The summed E-state index contributed by atoms with van der Waals surface area (Å²) in [7, 11) is 1.65. The molecule has 0 aliphatic carbocycles. The quantitative estimate of drug-likeness (QED) is 0.798. The van der Waals surface area contributed by atoms with E-state index in [2.05, 4.69) is 10.3 Å².